The minimum absolute atomic E-state index is 0.183. The van der Waals surface area contributed by atoms with E-state index in [9.17, 15) is 4.79 Å². The van der Waals surface area contributed by atoms with Crippen LogP contribution >= 0.6 is 0 Å². The summed E-state index contributed by atoms with van der Waals surface area (Å²) in [6.07, 6.45) is 2.29. The number of para-hydroxylation sites is 1. The molecule has 1 aromatic heterocycles. The highest BCUT2D eigenvalue weighted by Gasteiger charge is 2.07. The summed E-state index contributed by atoms with van der Waals surface area (Å²) in [6.45, 7) is 0. The number of ether oxygens (including phenoxy) is 1. The van der Waals surface area contributed by atoms with Crippen molar-refractivity contribution in [2.24, 2.45) is 0 Å². The Morgan fingerprint density at radius 2 is 1.40 bits per heavy atom. The number of nitrogens with one attached hydrogen (secondary N) is 1. The van der Waals surface area contributed by atoms with Crippen LogP contribution in [0.15, 0.2) is 97.3 Å². The van der Waals surface area contributed by atoms with Crippen LogP contribution in [0.4, 0.5) is 11.5 Å². The number of aromatic nitrogens is 2. The Hall–Kier alpha value is -3.99. The van der Waals surface area contributed by atoms with E-state index in [1.807, 2.05) is 84.9 Å². The Kier molecular flexibility index (Phi) is 6.11. The molecule has 3 aromatic carbocycles. The first-order chi connectivity index (χ1) is 14.7. The molecular weight excluding hydrogens is 374 g/mol. The Morgan fingerprint density at radius 1 is 0.767 bits per heavy atom. The molecule has 0 aliphatic heterocycles. The van der Waals surface area contributed by atoms with E-state index in [1.54, 1.807) is 6.07 Å². The van der Waals surface area contributed by atoms with Gasteiger partial charge in [0.05, 0.1) is 0 Å². The second kappa shape index (κ2) is 9.47. The number of benzene rings is 3. The molecule has 0 saturated carbocycles. The molecular formula is C25H21N3O2. The van der Waals surface area contributed by atoms with Gasteiger partial charge in [-0.1, -0.05) is 60.7 Å². The number of ketones is 1. The average molecular weight is 395 g/mol. The Balaban J connectivity index is 1.35. The van der Waals surface area contributed by atoms with Gasteiger partial charge in [-0.15, -0.1) is 0 Å². The van der Waals surface area contributed by atoms with Crippen LogP contribution < -0.4 is 10.1 Å². The van der Waals surface area contributed by atoms with Crippen LogP contribution in [0.3, 0.4) is 0 Å². The summed E-state index contributed by atoms with van der Waals surface area (Å²) in [7, 11) is 0. The summed E-state index contributed by atoms with van der Waals surface area (Å²) in [5, 5.41) is 3.21. The third kappa shape index (κ3) is 5.52. The highest BCUT2D eigenvalue weighted by molar-refractivity contribution is 5.83. The fourth-order valence-corrected chi connectivity index (χ4v) is 3.04. The lowest BCUT2D eigenvalue weighted by Gasteiger charge is -2.08. The minimum Gasteiger partial charge on any atom is -0.439 e. The lowest BCUT2D eigenvalue weighted by atomic mass is 10.0. The average Bonchev–Trinajstić information content (AvgIpc) is 2.77. The summed E-state index contributed by atoms with van der Waals surface area (Å²) < 4.78 is 5.84. The highest BCUT2D eigenvalue weighted by Crippen LogP contribution is 2.23. The molecule has 0 bridgehead atoms. The lowest BCUT2D eigenvalue weighted by Crippen LogP contribution is -2.06. The fraction of sp³-hybridized carbons (Fsp3) is 0.0800. The number of hydrogen-bond acceptors (Lipinski definition) is 5. The molecule has 4 rings (SSSR count). The van der Waals surface area contributed by atoms with Gasteiger partial charge in [0.25, 0.3) is 0 Å². The molecule has 1 N–H and O–H groups in total. The fourth-order valence-electron chi connectivity index (χ4n) is 3.04. The second-order valence-corrected chi connectivity index (χ2v) is 6.86. The normalized spacial score (nSPS) is 10.4. The van der Waals surface area contributed by atoms with E-state index in [4.69, 9.17) is 4.74 Å². The van der Waals surface area contributed by atoms with Gasteiger partial charge in [0, 0.05) is 24.6 Å². The Bertz CT molecular complexity index is 1100. The predicted molar refractivity (Wildman–Crippen MR) is 117 cm³/mol. The number of carbonyl (C=O) groups is 1. The second-order valence-electron chi connectivity index (χ2n) is 6.86. The molecule has 5 nitrogen and oxygen atoms in total. The number of hydrogen-bond donors (Lipinski definition) is 1. The van der Waals surface area contributed by atoms with Gasteiger partial charge in [0.2, 0.25) is 5.88 Å². The van der Waals surface area contributed by atoms with Gasteiger partial charge in [0.1, 0.15) is 23.7 Å². The topological polar surface area (TPSA) is 64.1 Å². The van der Waals surface area contributed by atoms with Crippen LogP contribution in [0, 0.1) is 0 Å². The first kappa shape index (κ1) is 19.3. The number of nitrogens with zero attached hydrogens (tertiary/aromatic N) is 2. The predicted octanol–water partition coefficient (Wildman–Crippen LogP) is 5.37. The summed E-state index contributed by atoms with van der Waals surface area (Å²) in [5.41, 5.74) is 2.93. The Morgan fingerprint density at radius 3 is 2.10 bits per heavy atom. The molecule has 0 amide bonds. The standard InChI is InChI=1S/C25H21N3O2/c29-22(15-19-7-3-1-4-8-19)16-20-11-13-23(14-12-20)30-25-17-24(26-18-27-25)28-21-9-5-2-6-10-21/h1-14,17-18H,15-16H2,(H,26,27,28). The Labute approximate surface area is 175 Å². The summed E-state index contributed by atoms with van der Waals surface area (Å²) >= 11 is 0. The van der Waals surface area contributed by atoms with Gasteiger partial charge >= 0.3 is 0 Å². The number of anilines is 2. The van der Waals surface area contributed by atoms with Crippen LogP contribution in [0.2, 0.25) is 0 Å². The van der Waals surface area contributed by atoms with E-state index in [1.165, 1.54) is 6.33 Å². The van der Waals surface area contributed by atoms with Crippen molar-refractivity contribution in [3.05, 3.63) is 108 Å². The van der Waals surface area contributed by atoms with Crippen molar-refractivity contribution in [1.82, 2.24) is 9.97 Å². The van der Waals surface area contributed by atoms with Gasteiger partial charge in [-0.2, -0.15) is 0 Å². The van der Waals surface area contributed by atoms with Crippen molar-refractivity contribution in [3.8, 4) is 11.6 Å². The smallest absolute Gasteiger partial charge is 0.224 e. The molecule has 0 fully saturated rings. The third-order valence-corrected chi connectivity index (χ3v) is 4.48. The molecule has 0 atom stereocenters. The van der Waals surface area contributed by atoms with Crippen molar-refractivity contribution >= 4 is 17.3 Å². The van der Waals surface area contributed by atoms with Crippen molar-refractivity contribution in [3.63, 3.8) is 0 Å². The van der Waals surface area contributed by atoms with Crippen LogP contribution in [-0.2, 0) is 17.6 Å². The van der Waals surface area contributed by atoms with Gasteiger partial charge in [-0.05, 0) is 35.4 Å². The molecule has 0 radical (unpaired) electrons. The maximum Gasteiger partial charge on any atom is 0.224 e. The largest absolute Gasteiger partial charge is 0.439 e. The third-order valence-electron chi connectivity index (χ3n) is 4.48. The van der Waals surface area contributed by atoms with E-state index in [2.05, 4.69) is 15.3 Å². The van der Waals surface area contributed by atoms with E-state index in [0.717, 1.165) is 16.8 Å². The highest BCUT2D eigenvalue weighted by atomic mass is 16.5. The molecule has 0 unspecified atom stereocenters. The molecule has 0 aliphatic carbocycles. The quantitative estimate of drug-likeness (QED) is 0.435. The van der Waals surface area contributed by atoms with E-state index in [0.29, 0.717) is 30.3 Å². The molecule has 0 aliphatic rings. The van der Waals surface area contributed by atoms with E-state index >= 15 is 0 Å². The van der Waals surface area contributed by atoms with Crippen LogP contribution in [0.1, 0.15) is 11.1 Å². The summed E-state index contributed by atoms with van der Waals surface area (Å²) in [4.78, 5) is 20.7. The zero-order valence-electron chi connectivity index (χ0n) is 16.4. The van der Waals surface area contributed by atoms with Crippen LogP contribution in [0.5, 0.6) is 11.6 Å². The summed E-state index contributed by atoms with van der Waals surface area (Å²) in [5.74, 6) is 1.92. The monoisotopic (exact) mass is 395 g/mol. The van der Waals surface area contributed by atoms with Crippen LogP contribution in [0.25, 0.3) is 0 Å². The van der Waals surface area contributed by atoms with E-state index in [-0.39, 0.29) is 5.78 Å². The molecule has 0 saturated heterocycles. The molecule has 30 heavy (non-hydrogen) atoms. The zero-order chi connectivity index (χ0) is 20.6. The summed E-state index contributed by atoms with van der Waals surface area (Å²) in [6, 6.07) is 28.8. The van der Waals surface area contributed by atoms with Crippen LogP contribution in [-0.4, -0.2) is 15.8 Å². The SMILES string of the molecule is O=C(Cc1ccccc1)Cc1ccc(Oc2cc(Nc3ccccc3)ncn2)cc1. The van der Waals surface area contributed by atoms with E-state index < -0.39 is 0 Å². The maximum atomic E-state index is 12.3. The van der Waals surface area contributed by atoms with Crippen molar-refractivity contribution in [2.45, 2.75) is 12.8 Å². The van der Waals surface area contributed by atoms with Crippen molar-refractivity contribution < 1.29 is 9.53 Å². The first-order valence-corrected chi connectivity index (χ1v) is 9.71. The van der Waals surface area contributed by atoms with Gasteiger partial charge in [-0.3, -0.25) is 4.79 Å². The zero-order valence-corrected chi connectivity index (χ0v) is 16.4. The van der Waals surface area contributed by atoms with Gasteiger partial charge in [-0.25, -0.2) is 9.97 Å². The van der Waals surface area contributed by atoms with Gasteiger partial charge < -0.3 is 10.1 Å². The van der Waals surface area contributed by atoms with Gasteiger partial charge in [0.15, 0.2) is 0 Å². The molecule has 1 heterocycles. The number of Topliss-reactive ketones (excluding diaryl/α,β-unsaturated/α-hetero) is 1. The number of rotatable bonds is 8. The van der Waals surface area contributed by atoms with Crippen molar-refractivity contribution in [2.75, 3.05) is 5.32 Å². The molecule has 5 heteroatoms. The van der Waals surface area contributed by atoms with Crippen molar-refractivity contribution in [1.29, 1.82) is 0 Å². The minimum atomic E-state index is 0.183. The molecule has 0 spiro atoms. The lowest BCUT2D eigenvalue weighted by molar-refractivity contribution is -0.117. The molecule has 4 aromatic rings. The molecule has 148 valence electrons. The number of carbonyl (C=O) groups excluding carboxylic acids is 1. The maximum absolute atomic E-state index is 12.3. The first-order valence-electron chi connectivity index (χ1n) is 9.71.